The predicted octanol–water partition coefficient (Wildman–Crippen LogP) is 14.0. The number of rotatable bonds is 5. The van der Waals surface area contributed by atoms with Gasteiger partial charge in [-0.25, -0.2) is 0 Å². The first kappa shape index (κ1) is 30.5. The van der Waals surface area contributed by atoms with Crippen molar-refractivity contribution in [2.45, 2.75) is 0 Å². The molecule has 0 radical (unpaired) electrons. The Balaban J connectivity index is 1.04. The van der Waals surface area contributed by atoms with E-state index in [1.165, 1.54) is 87.8 Å². The molecule has 0 aliphatic rings. The number of fused-ring (bicyclic) bond motifs is 7. The maximum atomic E-state index is 2.42. The van der Waals surface area contributed by atoms with Gasteiger partial charge in [0.2, 0.25) is 0 Å². The highest BCUT2D eigenvalue weighted by Gasteiger charge is 2.17. The number of nitrogens with zero attached hydrogens (tertiary/aromatic N) is 2. The van der Waals surface area contributed by atoms with Gasteiger partial charge in [-0.2, -0.15) is 0 Å². The molecule has 0 bridgehead atoms. The van der Waals surface area contributed by atoms with E-state index in [1.54, 1.807) is 0 Å². The van der Waals surface area contributed by atoms with Crippen LogP contribution in [0.15, 0.2) is 206 Å². The van der Waals surface area contributed by atoms with Crippen LogP contribution in [-0.2, 0) is 0 Å². The zero-order chi connectivity index (χ0) is 35.6. The van der Waals surface area contributed by atoms with Gasteiger partial charge in [-0.05, 0) is 111 Å². The van der Waals surface area contributed by atoms with E-state index < -0.39 is 0 Å². The summed E-state index contributed by atoms with van der Waals surface area (Å²) in [5.74, 6) is 0. The van der Waals surface area contributed by atoms with Crippen LogP contribution in [0.3, 0.4) is 0 Å². The third-order valence-corrected chi connectivity index (χ3v) is 11.1. The SMILES string of the molecule is c1ccc(-c2cccc(-n3c4ccccc4c4cc(-c5ccc6c(c5)c5ccccc5n6-c5ccc6ccc(-c7ccccc7)cc6c5)ccc43)c2)cc1. The van der Waals surface area contributed by atoms with Gasteiger partial charge in [-0.15, -0.1) is 0 Å². The molecule has 54 heavy (non-hydrogen) atoms. The molecule has 2 aromatic heterocycles. The highest BCUT2D eigenvalue weighted by Crippen LogP contribution is 2.39. The first-order valence-electron chi connectivity index (χ1n) is 18.6. The zero-order valence-electron chi connectivity index (χ0n) is 29.5. The van der Waals surface area contributed by atoms with Crippen molar-refractivity contribution in [3.05, 3.63) is 206 Å². The van der Waals surface area contributed by atoms with Gasteiger partial charge in [0.15, 0.2) is 0 Å². The van der Waals surface area contributed by atoms with Crippen LogP contribution in [0.4, 0.5) is 0 Å². The quantitative estimate of drug-likeness (QED) is 0.171. The predicted molar refractivity (Wildman–Crippen MR) is 229 cm³/mol. The van der Waals surface area contributed by atoms with Crippen molar-refractivity contribution in [2.75, 3.05) is 0 Å². The van der Waals surface area contributed by atoms with E-state index in [2.05, 4.69) is 215 Å². The number of benzene rings is 9. The van der Waals surface area contributed by atoms with Crippen LogP contribution in [0, 0.1) is 0 Å². The minimum Gasteiger partial charge on any atom is -0.309 e. The molecular formula is C52H34N2. The van der Waals surface area contributed by atoms with Crippen molar-refractivity contribution in [3.63, 3.8) is 0 Å². The van der Waals surface area contributed by atoms with Crippen molar-refractivity contribution >= 4 is 54.4 Å². The lowest BCUT2D eigenvalue weighted by atomic mass is 10.0. The summed E-state index contributed by atoms with van der Waals surface area (Å²) in [5, 5.41) is 7.48. The van der Waals surface area contributed by atoms with Gasteiger partial charge in [0, 0.05) is 32.9 Å². The summed E-state index contributed by atoms with van der Waals surface area (Å²) in [6.07, 6.45) is 0. The van der Waals surface area contributed by atoms with E-state index in [9.17, 15) is 0 Å². The molecular weight excluding hydrogens is 653 g/mol. The number of aromatic nitrogens is 2. The van der Waals surface area contributed by atoms with Crippen LogP contribution in [-0.4, -0.2) is 9.13 Å². The third kappa shape index (κ3) is 4.88. The van der Waals surface area contributed by atoms with Crippen molar-refractivity contribution in [1.29, 1.82) is 0 Å². The molecule has 0 atom stereocenters. The summed E-state index contributed by atoms with van der Waals surface area (Å²) in [7, 11) is 0. The average molecular weight is 687 g/mol. The van der Waals surface area contributed by atoms with Gasteiger partial charge in [0.1, 0.15) is 0 Å². The van der Waals surface area contributed by atoms with E-state index in [0.717, 1.165) is 11.4 Å². The fourth-order valence-electron chi connectivity index (χ4n) is 8.50. The maximum Gasteiger partial charge on any atom is 0.0541 e. The molecule has 2 heterocycles. The lowest BCUT2D eigenvalue weighted by Crippen LogP contribution is -1.94. The van der Waals surface area contributed by atoms with E-state index in [-0.39, 0.29) is 0 Å². The molecule has 0 saturated heterocycles. The first-order chi connectivity index (χ1) is 26.8. The number of hydrogen-bond donors (Lipinski definition) is 0. The molecule has 11 aromatic rings. The molecule has 11 rings (SSSR count). The second-order valence-electron chi connectivity index (χ2n) is 14.2. The zero-order valence-corrected chi connectivity index (χ0v) is 29.5. The van der Waals surface area contributed by atoms with Gasteiger partial charge < -0.3 is 9.13 Å². The molecule has 0 saturated carbocycles. The van der Waals surface area contributed by atoms with Crippen molar-refractivity contribution in [2.24, 2.45) is 0 Å². The van der Waals surface area contributed by atoms with Gasteiger partial charge >= 0.3 is 0 Å². The summed E-state index contributed by atoms with van der Waals surface area (Å²) in [6.45, 7) is 0. The molecule has 0 amide bonds. The Hall–Kier alpha value is -7.16. The second-order valence-corrected chi connectivity index (χ2v) is 14.2. The van der Waals surface area contributed by atoms with Crippen LogP contribution in [0.25, 0.3) is 99.1 Å². The maximum absolute atomic E-state index is 2.42. The van der Waals surface area contributed by atoms with E-state index >= 15 is 0 Å². The normalized spacial score (nSPS) is 11.7. The molecule has 9 aromatic carbocycles. The third-order valence-electron chi connectivity index (χ3n) is 11.1. The minimum absolute atomic E-state index is 1.16. The first-order valence-corrected chi connectivity index (χ1v) is 18.6. The number of para-hydroxylation sites is 2. The van der Waals surface area contributed by atoms with E-state index in [0.29, 0.717) is 0 Å². The summed E-state index contributed by atoms with van der Waals surface area (Å²) in [6, 6.07) is 75.2. The Bertz CT molecular complexity index is 3200. The average Bonchev–Trinajstić information content (AvgIpc) is 3.76. The molecule has 2 nitrogen and oxygen atoms in total. The van der Waals surface area contributed by atoms with E-state index in [4.69, 9.17) is 0 Å². The Morgan fingerprint density at radius 3 is 1.28 bits per heavy atom. The van der Waals surface area contributed by atoms with Crippen LogP contribution in [0.5, 0.6) is 0 Å². The van der Waals surface area contributed by atoms with Crippen molar-refractivity contribution in [1.82, 2.24) is 9.13 Å². The Kier molecular flexibility index (Phi) is 6.90. The highest BCUT2D eigenvalue weighted by molar-refractivity contribution is 6.13. The lowest BCUT2D eigenvalue weighted by Gasteiger charge is -2.11. The molecule has 0 N–H and O–H groups in total. The van der Waals surface area contributed by atoms with Gasteiger partial charge in [-0.3, -0.25) is 0 Å². The molecule has 252 valence electrons. The van der Waals surface area contributed by atoms with E-state index in [1.807, 2.05) is 0 Å². The molecule has 0 aliphatic carbocycles. The molecule has 2 heteroatoms. The summed E-state index contributed by atoms with van der Waals surface area (Å²) < 4.78 is 4.83. The van der Waals surface area contributed by atoms with Crippen LogP contribution in [0.2, 0.25) is 0 Å². The van der Waals surface area contributed by atoms with Crippen LogP contribution < -0.4 is 0 Å². The topological polar surface area (TPSA) is 9.86 Å². The summed E-state index contributed by atoms with van der Waals surface area (Å²) in [4.78, 5) is 0. The smallest absolute Gasteiger partial charge is 0.0541 e. The van der Waals surface area contributed by atoms with Gasteiger partial charge in [0.25, 0.3) is 0 Å². The molecule has 0 fully saturated rings. The molecule has 0 spiro atoms. The van der Waals surface area contributed by atoms with Gasteiger partial charge in [0.05, 0.1) is 22.1 Å². The van der Waals surface area contributed by atoms with Crippen LogP contribution >= 0.6 is 0 Å². The van der Waals surface area contributed by atoms with Crippen molar-refractivity contribution < 1.29 is 0 Å². The second kappa shape index (κ2) is 12.2. The Morgan fingerprint density at radius 1 is 0.222 bits per heavy atom. The number of hydrogen-bond acceptors (Lipinski definition) is 0. The Labute approximate surface area is 313 Å². The summed E-state index contributed by atoms with van der Waals surface area (Å²) >= 11 is 0. The fraction of sp³-hybridized carbons (Fsp3) is 0. The van der Waals surface area contributed by atoms with Crippen molar-refractivity contribution in [3.8, 4) is 44.8 Å². The minimum atomic E-state index is 1.16. The highest BCUT2D eigenvalue weighted by atomic mass is 15.0. The molecule has 0 aliphatic heterocycles. The Morgan fingerprint density at radius 2 is 0.667 bits per heavy atom. The lowest BCUT2D eigenvalue weighted by molar-refractivity contribution is 1.18. The molecule has 0 unspecified atom stereocenters. The van der Waals surface area contributed by atoms with Crippen LogP contribution in [0.1, 0.15) is 0 Å². The van der Waals surface area contributed by atoms with Gasteiger partial charge in [-0.1, -0.05) is 140 Å². The fourth-order valence-corrected chi connectivity index (χ4v) is 8.50. The largest absolute Gasteiger partial charge is 0.309 e. The monoisotopic (exact) mass is 686 g/mol. The standard InChI is InChI=1S/C52H34N2/c1-3-12-35(13-4-1)38-16-11-17-43(31-38)53-49-20-9-7-18-45(49)47-33-40(25-28-51(47)53)41-26-29-52-48(34-41)46-19-8-10-21-50(46)54(52)44-27-24-37-22-23-39(30-42(37)32-44)36-14-5-2-6-15-36/h1-34H. The summed E-state index contributed by atoms with van der Waals surface area (Å²) in [5.41, 5.74) is 14.5.